The SMILES string of the molecule is CCN(CC)CCN(C(=O)Cn1cnc(C)c(C)c1=O)c1nc2c(C)c(Cl)ccc2s1. The van der Waals surface area contributed by atoms with E-state index in [0.717, 1.165) is 28.9 Å². The van der Waals surface area contributed by atoms with Crippen molar-refractivity contribution in [1.82, 2.24) is 19.4 Å². The standard InChI is InChI=1S/C22H28ClN5O2S/c1-6-26(7-2)10-11-28(19(29)12-27-13-24-16(5)14(3)21(27)30)22-25-20-15(4)17(23)8-9-18(20)31-22/h8-9,13H,6-7,10-12H2,1-5H3. The van der Waals surface area contributed by atoms with Gasteiger partial charge in [-0.05, 0) is 51.6 Å². The predicted molar refractivity (Wildman–Crippen MR) is 127 cm³/mol. The van der Waals surface area contributed by atoms with Crippen molar-refractivity contribution in [2.75, 3.05) is 31.1 Å². The molecule has 0 aliphatic carbocycles. The van der Waals surface area contributed by atoms with Crippen LogP contribution >= 0.6 is 22.9 Å². The van der Waals surface area contributed by atoms with E-state index in [9.17, 15) is 9.59 Å². The average molecular weight is 462 g/mol. The molecule has 1 amide bonds. The predicted octanol–water partition coefficient (Wildman–Crippen LogP) is 3.81. The van der Waals surface area contributed by atoms with Crippen molar-refractivity contribution in [3.05, 3.63) is 50.7 Å². The number of carbonyl (C=O) groups is 1. The summed E-state index contributed by atoms with van der Waals surface area (Å²) in [5.74, 6) is -0.192. The van der Waals surface area contributed by atoms with Gasteiger partial charge in [-0.3, -0.25) is 19.1 Å². The second-order valence-corrected chi connectivity index (χ2v) is 8.89. The second kappa shape index (κ2) is 9.89. The van der Waals surface area contributed by atoms with Gasteiger partial charge in [-0.25, -0.2) is 9.97 Å². The fourth-order valence-corrected chi connectivity index (χ4v) is 4.55. The molecule has 0 atom stereocenters. The molecule has 0 saturated carbocycles. The molecule has 9 heteroatoms. The van der Waals surface area contributed by atoms with Crippen LogP contribution in [0.25, 0.3) is 10.2 Å². The van der Waals surface area contributed by atoms with Crippen molar-refractivity contribution in [2.24, 2.45) is 0 Å². The molecule has 3 rings (SSSR count). The number of carbonyl (C=O) groups excluding carboxylic acids is 1. The van der Waals surface area contributed by atoms with Crippen LogP contribution in [0.1, 0.15) is 30.7 Å². The molecular formula is C22H28ClN5O2S. The lowest BCUT2D eigenvalue weighted by atomic mass is 10.2. The molecule has 0 radical (unpaired) electrons. The van der Waals surface area contributed by atoms with Crippen LogP contribution in [-0.2, 0) is 11.3 Å². The van der Waals surface area contributed by atoms with Gasteiger partial charge in [0, 0.05) is 29.4 Å². The number of hydrogen-bond acceptors (Lipinski definition) is 6. The van der Waals surface area contributed by atoms with Crippen LogP contribution in [0, 0.1) is 20.8 Å². The highest BCUT2D eigenvalue weighted by Gasteiger charge is 2.22. The largest absolute Gasteiger partial charge is 0.302 e. The maximum Gasteiger partial charge on any atom is 0.256 e. The molecule has 0 fully saturated rings. The fourth-order valence-electron chi connectivity index (χ4n) is 3.33. The van der Waals surface area contributed by atoms with Gasteiger partial charge in [0.2, 0.25) is 5.91 Å². The number of benzene rings is 1. The van der Waals surface area contributed by atoms with Crippen LogP contribution in [0.4, 0.5) is 5.13 Å². The number of nitrogens with zero attached hydrogens (tertiary/aromatic N) is 5. The van der Waals surface area contributed by atoms with Gasteiger partial charge >= 0.3 is 0 Å². The zero-order chi connectivity index (χ0) is 22.7. The van der Waals surface area contributed by atoms with E-state index in [0.29, 0.717) is 34.5 Å². The smallest absolute Gasteiger partial charge is 0.256 e. The first-order chi connectivity index (χ1) is 14.8. The number of likely N-dealkylation sites (N-methyl/N-ethyl adjacent to an activating group) is 1. The Kier molecular flexibility index (Phi) is 7.46. The zero-order valence-electron chi connectivity index (χ0n) is 18.6. The number of aromatic nitrogens is 3. The monoisotopic (exact) mass is 461 g/mol. The van der Waals surface area contributed by atoms with Crippen molar-refractivity contribution >= 4 is 44.2 Å². The van der Waals surface area contributed by atoms with Gasteiger partial charge in [-0.15, -0.1) is 0 Å². The second-order valence-electron chi connectivity index (χ2n) is 7.48. The number of halogens is 1. The molecule has 0 saturated heterocycles. The Morgan fingerprint density at radius 1 is 1.13 bits per heavy atom. The van der Waals surface area contributed by atoms with Crippen molar-refractivity contribution in [1.29, 1.82) is 0 Å². The van der Waals surface area contributed by atoms with Gasteiger partial charge in [-0.2, -0.15) is 0 Å². The quantitative estimate of drug-likeness (QED) is 0.510. The van der Waals surface area contributed by atoms with Crippen LogP contribution in [0.3, 0.4) is 0 Å². The fraction of sp³-hybridized carbons (Fsp3) is 0.455. The van der Waals surface area contributed by atoms with E-state index >= 15 is 0 Å². The Bertz CT molecular complexity index is 1150. The zero-order valence-corrected chi connectivity index (χ0v) is 20.2. The molecule has 0 aliphatic rings. The highest BCUT2D eigenvalue weighted by Crippen LogP contribution is 2.33. The first-order valence-corrected chi connectivity index (χ1v) is 11.6. The van der Waals surface area contributed by atoms with Gasteiger partial charge in [0.1, 0.15) is 6.54 Å². The van der Waals surface area contributed by atoms with Crippen LogP contribution in [0.5, 0.6) is 0 Å². The van der Waals surface area contributed by atoms with E-state index < -0.39 is 0 Å². The first kappa shape index (κ1) is 23.4. The maximum absolute atomic E-state index is 13.3. The molecule has 0 unspecified atom stereocenters. The molecule has 3 aromatic rings. The van der Waals surface area contributed by atoms with Crippen LogP contribution in [-0.4, -0.2) is 51.5 Å². The van der Waals surface area contributed by atoms with Crippen LogP contribution in [0.15, 0.2) is 23.3 Å². The average Bonchev–Trinajstić information content (AvgIpc) is 3.19. The molecule has 31 heavy (non-hydrogen) atoms. The molecule has 166 valence electrons. The lowest BCUT2D eigenvalue weighted by Gasteiger charge is -2.25. The van der Waals surface area contributed by atoms with E-state index in [1.165, 1.54) is 22.2 Å². The highest BCUT2D eigenvalue weighted by molar-refractivity contribution is 7.22. The number of thiazole rings is 1. The minimum absolute atomic E-state index is 0.0825. The van der Waals surface area contributed by atoms with E-state index in [2.05, 4.69) is 23.7 Å². The lowest BCUT2D eigenvalue weighted by molar-refractivity contribution is -0.119. The third-order valence-electron chi connectivity index (χ3n) is 5.62. The number of amides is 1. The normalized spacial score (nSPS) is 11.5. The Balaban J connectivity index is 1.96. The van der Waals surface area contributed by atoms with E-state index in [1.807, 2.05) is 19.1 Å². The Hall–Kier alpha value is -2.29. The summed E-state index contributed by atoms with van der Waals surface area (Å²) in [6, 6.07) is 3.78. The lowest BCUT2D eigenvalue weighted by Crippen LogP contribution is -2.41. The molecule has 0 bridgehead atoms. The van der Waals surface area contributed by atoms with E-state index in [-0.39, 0.29) is 18.0 Å². The Morgan fingerprint density at radius 3 is 2.52 bits per heavy atom. The third-order valence-corrected chi connectivity index (χ3v) is 7.08. The van der Waals surface area contributed by atoms with Crippen molar-refractivity contribution < 1.29 is 4.79 Å². The van der Waals surface area contributed by atoms with Gasteiger partial charge in [0.05, 0.1) is 16.5 Å². The molecule has 2 heterocycles. The van der Waals surface area contributed by atoms with E-state index in [1.54, 1.807) is 18.7 Å². The topological polar surface area (TPSA) is 71.3 Å². The number of anilines is 1. The Labute approximate surface area is 191 Å². The summed E-state index contributed by atoms with van der Waals surface area (Å²) in [5, 5.41) is 1.26. The molecule has 0 N–H and O–H groups in total. The number of fused-ring (bicyclic) bond motifs is 1. The molecular weight excluding hydrogens is 434 g/mol. The third kappa shape index (κ3) is 4.97. The van der Waals surface area contributed by atoms with Crippen LogP contribution in [0.2, 0.25) is 5.02 Å². The summed E-state index contributed by atoms with van der Waals surface area (Å²) in [4.78, 5) is 38.8. The first-order valence-electron chi connectivity index (χ1n) is 10.4. The minimum atomic E-state index is -0.198. The molecule has 0 aliphatic heterocycles. The van der Waals surface area contributed by atoms with Crippen molar-refractivity contribution in [2.45, 2.75) is 41.2 Å². The summed E-state index contributed by atoms with van der Waals surface area (Å²) in [6.45, 7) is 12.5. The number of aryl methyl sites for hydroxylation is 2. The van der Waals surface area contributed by atoms with E-state index in [4.69, 9.17) is 16.6 Å². The van der Waals surface area contributed by atoms with Gasteiger partial charge < -0.3 is 4.90 Å². The number of rotatable bonds is 8. The number of hydrogen-bond donors (Lipinski definition) is 0. The summed E-state index contributed by atoms with van der Waals surface area (Å²) in [5.41, 5.74) is 2.72. The van der Waals surface area contributed by atoms with Crippen molar-refractivity contribution in [3.8, 4) is 0 Å². The minimum Gasteiger partial charge on any atom is -0.302 e. The molecule has 2 aromatic heterocycles. The van der Waals surface area contributed by atoms with Gasteiger partial charge in [-0.1, -0.05) is 36.8 Å². The summed E-state index contributed by atoms with van der Waals surface area (Å²) < 4.78 is 2.34. The van der Waals surface area contributed by atoms with Gasteiger partial charge in [0.25, 0.3) is 5.56 Å². The Morgan fingerprint density at radius 2 is 1.84 bits per heavy atom. The summed E-state index contributed by atoms with van der Waals surface area (Å²) >= 11 is 7.72. The van der Waals surface area contributed by atoms with Gasteiger partial charge in [0.15, 0.2) is 5.13 Å². The van der Waals surface area contributed by atoms with Crippen molar-refractivity contribution in [3.63, 3.8) is 0 Å². The maximum atomic E-state index is 13.3. The summed E-state index contributed by atoms with van der Waals surface area (Å²) in [7, 11) is 0. The molecule has 0 spiro atoms. The molecule has 1 aromatic carbocycles. The molecule has 7 nitrogen and oxygen atoms in total. The summed E-state index contributed by atoms with van der Waals surface area (Å²) in [6.07, 6.45) is 1.44. The highest BCUT2D eigenvalue weighted by atomic mass is 35.5. The van der Waals surface area contributed by atoms with Crippen LogP contribution < -0.4 is 10.5 Å².